The van der Waals surface area contributed by atoms with Crippen LogP contribution in [0.1, 0.15) is 101 Å². The van der Waals surface area contributed by atoms with Crippen LogP contribution in [0, 0.1) is 17.7 Å². The Balaban J connectivity index is 1.05. The van der Waals surface area contributed by atoms with Crippen LogP contribution in [0.5, 0.6) is 5.75 Å². The molecular weight excluding hydrogens is 913 g/mol. The van der Waals surface area contributed by atoms with Crippen LogP contribution in [0.3, 0.4) is 0 Å². The first-order valence-electron chi connectivity index (χ1n) is 23.0. The van der Waals surface area contributed by atoms with Gasteiger partial charge < -0.3 is 44.6 Å². The minimum Gasteiger partial charge on any atom is -0.464 e. The zero-order valence-corrected chi connectivity index (χ0v) is 40.5. The fourth-order valence-electron chi connectivity index (χ4n) is 9.99. The number of nitrogens with zero attached hydrogens (tertiary/aromatic N) is 5. The Hall–Kier alpha value is -6.40. The summed E-state index contributed by atoms with van der Waals surface area (Å²) >= 11 is 7.93. The van der Waals surface area contributed by atoms with Gasteiger partial charge in [0.25, 0.3) is 0 Å². The molecule has 0 aliphatic carbocycles. The average molecular weight is 969 g/mol. The Bertz CT molecular complexity index is 2910. The summed E-state index contributed by atoms with van der Waals surface area (Å²) in [6.45, 7) is 10.6. The molecule has 2 saturated heterocycles. The van der Waals surface area contributed by atoms with Crippen molar-refractivity contribution in [2.75, 3.05) is 27.3 Å². The number of H-pyrrole nitrogens is 2. The molecule has 3 aliphatic heterocycles. The van der Waals surface area contributed by atoms with Crippen molar-refractivity contribution in [3.8, 4) is 39.5 Å². The standard InChI is InChI=1S/C49H55ClFN9O7S/c1-8-28-29-19-26(31-22-52-43(54-31)34-11-9-17-58(34)45(61)40(24(2)3)56-48(63)65-6)13-14-33(29)60-42(28)39-30(51)20-27(21-36(39)67-47(60)37-15-16-38(50)68-37)32-23-53-44(55-32)35-12-10-18-59(35)46(62)41(25(4)5)57-49(64)66-7/h13-16,19-25,34-35,40-41,47H,8-12,17-18H2,1-7H3,(H,52,54)(H,53,55)(H,56,63)(H,57,64)/t34-,35-,40-,41-,47?/m0/s1. The van der Waals surface area contributed by atoms with Crippen molar-refractivity contribution in [2.45, 2.75) is 97.1 Å². The lowest BCUT2D eigenvalue weighted by Gasteiger charge is -2.30. The highest BCUT2D eigenvalue weighted by Gasteiger charge is 2.40. The van der Waals surface area contributed by atoms with E-state index in [0.717, 1.165) is 45.4 Å². The minimum absolute atomic E-state index is 0.159. The van der Waals surface area contributed by atoms with Gasteiger partial charge in [-0.25, -0.2) is 23.9 Å². The van der Waals surface area contributed by atoms with E-state index in [4.69, 9.17) is 35.8 Å². The number of halogens is 2. The molecule has 68 heavy (non-hydrogen) atoms. The van der Waals surface area contributed by atoms with Crippen LogP contribution in [0.4, 0.5) is 14.0 Å². The predicted octanol–water partition coefficient (Wildman–Crippen LogP) is 9.53. The number of aryl methyl sites for hydroxylation is 1. The average Bonchev–Trinajstić information content (AvgIpc) is 4.19. The Morgan fingerprint density at radius 3 is 1.93 bits per heavy atom. The Labute approximate surface area is 401 Å². The molecule has 2 aromatic carbocycles. The third-order valence-electron chi connectivity index (χ3n) is 13.4. The lowest BCUT2D eigenvalue weighted by atomic mass is 9.98. The summed E-state index contributed by atoms with van der Waals surface area (Å²) in [5, 5.41) is 6.31. The molecule has 1 unspecified atom stereocenters. The van der Waals surface area contributed by atoms with E-state index in [1.807, 2.05) is 58.0 Å². The number of hydrogen-bond acceptors (Lipinski definition) is 10. The summed E-state index contributed by atoms with van der Waals surface area (Å²) < 4.78 is 36.2. The van der Waals surface area contributed by atoms with Crippen LogP contribution in [0.15, 0.2) is 54.9 Å². The third-order valence-corrected chi connectivity index (χ3v) is 14.6. The Morgan fingerprint density at radius 1 is 0.838 bits per heavy atom. The second-order valence-electron chi connectivity index (χ2n) is 18.2. The normalized spacial score (nSPS) is 18.7. The maximum atomic E-state index is 17.1. The van der Waals surface area contributed by atoms with Crippen molar-refractivity contribution in [1.82, 2.24) is 44.9 Å². The number of thiophene rings is 1. The summed E-state index contributed by atoms with van der Waals surface area (Å²) in [5.41, 5.74) is 5.53. The topological polar surface area (TPSA) is 189 Å². The summed E-state index contributed by atoms with van der Waals surface area (Å²) in [5.74, 6) is 0.346. The van der Waals surface area contributed by atoms with Gasteiger partial charge in [0.1, 0.15) is 35.3 Å². The lowest BCUT2D eigenvalue weighted by molar-refractivity contribution is -0.136. The van der Waals surface area contributed by atoms with Gasteiger partial charge in [-0.1, -0.05) is 52.3 Å². The first-order valence-corrected chi connectivity index (χ1v) is 24.2. The molecule has 3 aliphatic rings. The van der Waals surface area contributed by atoms with Gasteiger partial charge in [-0.15, -0.1) is 11.3 Å². The third kappa shape index (κ3) is 8.45. The number of alkyl carbamates (subject to hydrolysis) is 2. The number of hydrogen-bond donors (Lipinski definition) is 4. The van der Waals surface area contributed by atoms with E-state index in [0.29, 0.717) is 76.6 Å². The van der Waals surface area contributed by atoms with Crippen molar-refractivity contribution in [1.29, 1.82) is 0 Å². The fourth-order valence-corrected chi connectivity index (χ4v) is 11.1. The van der Waals surface area contributed by atoms with Crippen molar-refractivity contribution < 1.29 is 37.8 Å². The van der Waals surface area contributed by atoms with Crippen molar-refractivity contribution in [3.63, 3.8) is 0 Å². The zero-order valence-electron chi connectivity index (χ0n) is 38.9. The number of imidazole rings is 2. The molecule has 6 aromatic rings. The van der Waals surface area contributed by atoms with Crippen LogP contribution in [-0.4, -0.2) is 97.7 Å². The van der Waals surface area contributed by atoms with Gasteiger partial charge in [-0.05, 0) is 85.9 Å². The first-order chi connectivity index (χ1) is 32.7. The highest BCUT2D eigenvalue weighted by atomic mass is 35.5. The second-order valence-corrected chi connectivity index (χ2v) is 19.9. The van der Waals surface area contributed by atoms with Gasteiger partial charge in [0.2, 0.25) is 18.0 Å². The number of amides is 4. The molecule has 0 spiro atoms. The molecule has 358 valence electrons. The fraction of sp³-hybridized carbons (Fsp3) is 0.429. The summed E-state index contributed by atoms with van der Waals surface area (Å²) in [4.78, 5) is 72.6. The number of aromatic amines is 2. The number of ether oxygens (including phenoxy) is 3. The maximum absolute atomic E-state index is 17.1. The van der Waals surface area contributed by atoms with Crippen LogP contribution < -0.4 is 15.4 Å². The molecular formula is C49H55ClFN9O7S. The monoisotopic (exact) mass is 967 g/mol. The SMILES string of the molecule is CCc1c2n(c3ccc(-c4cnc([C@@H]5CCCN5C(=O)[C@@H](NC(=O)OC)C(C)C)[nH]4)cc13)C(c1ccc(Cl)s1)Oc1cc(-c3cnc([C@@H]4CCCN4C(=O)[C@@H](NC(=O)OC)C(C)C)[nH]3)cc(F)c1-2. The van der Waals surface area contributed by atoms with E-state index < -0.39 is 36.3 Å². The van der Waals surface area contributed by atoms with Gasteiger partial charge in [0, 0.05) is 29.6 Å². The second kappa shape index (κ2) is 18.9. The summed E-state index contributed by atoms with van der Waals surface area (Å²) in [6, 6.07) is 11.0. The van der Waals surface area contributed by atoms with E-state index in [9.17, 15) is 19.2 Å². The largest absolute Gasteiger partial charge is 0.464 e. The minimum atomic E-state index is -0.779. The van der Waals surface area contributed by atoms with Gasteiger partial charge in [-0.2, -0.15) is 0 Å². The number of aromatic nitrogens is 5. The molecule has 0 radical (unpaired) electrons. The molecule has 0 saturated carbocycles. The molecule has 16 nitrogen and oxygen atoms in total. The number of fused-ring (bicyclic) bond motifs is 5. The van der Waals surface area contributed by atoms with Gasteiger partial charge in [-0.3, -0.25) is 14.2 Å². The molecule has 4 amide bonds. The highest BCUT2D eigenvalue weighted by molar-refractivity contribution is 7.16. The molecule has 5 atom stereocenters. The Morgan fingerprint density at radius 2 is 1.41 bits per heavy atom. The maximum Gasteiger partial charge on any atom is 0.407 e. The van der Waals surface area contributed by atoms with E-state index in [-0.39, 0.29) is 35.7 Å². The Kier molecular flexibility index (Phi) is 13.0. The summed E-state index contributed by atoms with van der Waals surface area (Å²) in [6.07, 6.45) is 4.92. The molecule has 0 bridgehead atoms. The van der Waals surface area contributed by atoms with Crippen molar-refractivity contribution in [3.05, 3.63) is 87.1 Å². The number of carbonyl (C=O) groups is 4. The van der Waals surface area contributed by atoms with E-state index in [1.54, 1.807) is 22.2 Å². The van der Waals surface area contributed by atoms with Crippen LogP contribution in [-0.2, 0) is 25.5 Å². The van der Waals surface area contributed by atoms with Crippen molar-refractivity contribution in [2.24, 2.45) is 11.8 Å². The van der Waals surface area contributed by atoms with E-state index in [1.165, 1.54) is 31.6 Å². The van der Waals surface area contributed by atoms with Gasteiger partial charge in [0.05, 0.1) is 76.1 Å². The first kappa shape index (κ1) is 46.7. The van der Waals surface area contributed by atoms with Crippen LogP contribution in [0.25, 0.3) is 44.7 Å². The highest BCUT2D eigenvalue weighted by Crippen LogP contribution is 2.51. The quantitative estimate of drug-likeness (QED) is 0.0926. The zero-order chi connectivity index (χ0) is 48.1. The van der Waals surface area contributed by atoms with Gasteiger partial charge >= 0.3 is 12.2 Å². The lowest BCUT2D eigenvalue weighted by Crippen LogP contribution is -2.51. The van der Waals surface area contributed by atoms with E-state index >= 15 is 4.39 Å². The molecule has 7 heterocycles. The number of benzene rings is 2. The van der Waals surface area contributed by atoms with Gasteiger partial charge in [0.15, 0.2) is 0 Å². The number of methoxy groups -OCH3 is 2. The molecule has 4 aromatic heterocycles. The number of carbonyl (C=O) groups excluding carboxylic acids is 4. The number of likely N-dealkylation sites (tertiary alicyclic amines) is 2. The number of rotatable bonds is 12. The van der Waals surface area contributed by atoms with Crippen LogP contribution in [0.2, 0.25) is 4.34 Å². The smallest absolute Gasteiger partial charge is 0.407 e. The van der Waals surface area contributed by atoms with Crippen molar-refractivity contribution >= 4 is 57.8 Å². The van der Waals surface area contributed by atoms with Crippen LogP contribution >= 0.6 is 22.9 Å². The molecule has 19 heteroatoms. The predicted molar refractivity (Wildman–Crippen MR) is 256 cm³/mol. The molecule has 9 rings (SSSR count). The molecule has 2 fully saturated rings. The molecule has 4 N–H and O–H groups in total. The summed E-state index contributed by atoms with van der Waals surface area (Å²) in [7, 11) is 2.54. The number of nitrogens with one attached hydrogen (secondary N) is 4. The van der Waals surface area contributed by atoms with E-state index in [2.05, 4.69) is 38.2 Å².